The minimum atomic E-state index is -0.582. The molecule has 1 atom stereocenters. The van der Waals surface area contributed by atoms with E-state index in [9.17, 15) is 14.9 Å². The van der Waals surface area contributed by atoms with Gasteiger partial charge in [-0.1, -0.05) is 77.1 Å². The van der Waals surface area contributed by atoms with Crippen molar-refractivity contribution in [2.45, 2.75) is 50.8 Å². The minimum Gasteiger partial charge on any atom is -0.384 e. The maximum Gasteiger partial charge on any atom is 0.234 e. The molecule has 2 aromatic carbocycles. The van der Waals surface area contributed by atoms with Crippen LogP contribution in [-0.2, 0) is 9.59 Å². The van der Waals surface area contributed by atoms with Gasteiger partial charge in [-0.25, -0.2) is 0 Å². The average Bonchev–Trinajstić information content (AvgIpc) is 3.37. The standard InChI is InChI=1S/C30H29BrN6O2S2/c1-16-9-10-18(11-17(16)2)34-24(39)15-40-29-36-35-28(41-29)37-22-12-30(3,4)13-23(38)26(22)25(20(14-32)27(37)33)19-7-5-6-8-21(19)31/h5-11,25H,12-13,15,33H2,1-4H3,(H,34,39). The van der Waals surface area contributed by atoms with Gasteiger partial charge in [-0.15, -0.1) is 10.2 Å². The lowest BCUT2D eigenvalue weighted by Crippen LogP contribution is -2.42. The average molecular weight is 650 g/mol. The Labute approximate surface area is 255 Å². The Hall–Kier alpha value is -3.46. The van der Waals surface area contributed by atoms with E-state index in [1.54, 1.807) is 4.90 Å². The molecule has 0 radical (unpaired) electrons. The van der Waals surface area contributed by atoms with Crippen LogP contribution in [-0.4, -0.2) is 27.6 Å². The van der Waals surface area contributed by atoms with E-state index in [0.29, 0.717) is 33.5 Å². The van der Waals surface area contributed by atoms with Gasteiger partial charge >= 0.3 is 0 Å². The van der Waals surface area contributed by atoms with E-state index in [2.05, 4.69) is 51.4 Å². The molecule has 1 aromatic heterocycles. The smallest absolute Gasteiger partial charge is 0.234 e. The molecule has 3 N–H and O–H groups in total. The number of carbonyl (C=O) groups excluding carboxylic acids is 2. The summed E-state index contributed by atoms with van der Waals surface area (Å²) in [6, 6.07) is 15.7. The molecule has 0 bridgehead atoms. The highest BCUT2D eigenvalue weighted by Crippen LogP contribution is 2.51. The van der Waals surface area contributed by atoms with Gasteiger partial charge in [0.25, 0.3) is 0 Å². The molecule has 1 amide bonds. The van der Waals surface area contributed by atoms with Gasteiger partial charge in [0.2, 0.25) is 11.0 Å². The summed E-state index contributed by atoms with van der Waals surface area (Å²) < 4.78 is 1.38. The number of nitrogens with two attached hydrogens (primary N) is 1. The highest BCUT2D eigenvalue weighted by Gasteiger charge is 2.45. The molecule has 1 aliphatic carbocycles. The summed E-state index contributed by atoms with van der Waals surface area (Å²) in [5.74, 6) is -0.358. The number of nitrogens with zero attached hydrogens (tertiary/aromatic N) is 4. The maximum absolute atomic E-state index is 13.7. The van der Waals surface area contributed by atoms with E-state index in [0.717, 1.165) is 32.5 Å². The fourth-order valence-corrected chi connectivity index (χ4v) is 7.44. The van der Waals surface area contributed by atoms with E-state index in [4.69, 9.17) is 5.73 Å². The minimum absolute atomic E-state index is 0.00983. The lowest BCUT2D eigenvalue weighted by Gasteiger charge is -2.42. The van der Waals surface area contributed by atoms with E-state index >= 15 is 0 Å². The third-order valence-electron chi connectivity index (χ3n) is 7.30. The van der Waals surface area contributed by atoms with Crippen molar-refractivity contribution in [2.75, 3.05) is 16.0 Å². The highest BCUT2D eigenvalue weighted by atomic mass is 79.9. The van der Waals surface area contributed by atoms with Crippen LogP contribution in [0.15, 0.2) is 73.9 Å². The molecule has 11 heteroatoms. The van der Waals surface area contributed by atoms with Crippen LogP contribution in [0.1, 0.15) is 49.3 Å². The number of amides is 1. The molecule has 0 spiro atoms. The number of Topliss-reactive ketones (excluding diaryl/α,β-unsaturated/α-hetero) is 1. The number of halogens is 1. The lowest BCUT2D eigenvalue weighted by molar-refractivity contribution is -0.118. The van der Waals surface area contributed by atoms with Gasteiger partial charge in [0.1, 0.15) is 5.82 Å². The van der Waals surface area contributed by atoms with Crippen molar-refractivity contribution in [2.24, 2.45) is 11.1 Å². The van der Waals surface area contributed by atoms with Gasteiger partial charge in [-0.05, 0) is 60.6 Å². The molecule has 2 aliphatic rings. The Morgan fingerprint density at radius 3 is 2.68 bits per heavy atom. The summed E-state index contributed by atoms with van der Waals surface area (Å²) in [5.41, 5.74) is 11.8. The number of carbonyl (C=O) groups is 2. The normalized spacial score (nSPS) is 18.3. The summed E-state index contributed by atoms with van der Waals surface area (Å²) in [4.78, 5) is 28.0. The molecule has 5 rings (SSSR count). The first-order valence-electron chi connectivity index (χ1n) is 13.0. The van der Waals surface area contributed by atoms with Crippen molar-refractivity contribution in [3.05, 3.63) is 86.3 Å². The van der Waals surface area contributed by atoms with Crippen molar-refractivity contribution < 1.29 is 9.59 Å². The summed E-state index contributed by atoms with van der Waals surface area (Å²) in [6.07, 6.45) is 0.945. The van der Waals surface area contributed by atoms with Crippen LogP contribution in [0.5, 0.6) is 0 Å². The monoisotopic (exact) mass is 648 g/mol. The number of thioether (sulfide) groups is 1. The van der Waals surface area contributed by atoms with Crippen LogP contribution in [0.25, 0.3) is 0 Å². The van der Waals surface area contributed by atoms with Crippen molar-refractivity contribution >= 4 is 61.5 Å². The topological polar surface area (TPSA) is 125 Å². The van der Waals surface area contributed by atoms with Gasteiger partial charge in [0.15, 0.2) is 10.1 Å². The van der Waals surface area contributed by atoms with Crippen LogP contribution in [0, 0.1) is 30.6 Å². The lowest BCUT2D eigenvalue weighted by atomic mass is 9.69. The summed E-state index contributed by atoms with van der Waals surface area (Å²) >= 11 is 6.16. The van der Waals surface area contributed by atoms with Crippen LogP contribution in [0.2, 0.25) is 0 Å². The van der Waals surface area contributed by atoms with Gasteiger partial charge in [0.05, 0.1) is 23.3 Å². The predicted molar refractivity (Wildman–Crippen MR) is 166 cm³/mol. The Morgan fingerprint density at radius 1 is 1.22 bits per heavy atom. The number of hydrogen-bond acceptors (Lipinski definition) is 9. The highest BCUT2D eigenvalue weighted by molar-refractivity contribution is 9.10. The third-order valence-corrected chi connectivity index (χ3v) is 10.1. The number of nitriles is 1. The zero-order valence-electron chi connectivity index (χ0n) is 23.1. The van der Waals surface area contributed by atoms with Gasteiger partial charge < -0.3 is 11.1 Å². The molecular weight excluding hydrogens is 620 g/mol. The molecule has 1 aliphatic heterocycles. The summed E-state index contributed by atoms with van der Waals surface area (Å²) in [6.45, 7) is 8.13. The maximum atomic E-state index is 13.7. The van der Waals surface area contributed by atoms with Crippen molar-refractivity contribution in [3.63, 3.8) is 0 Å². The number of aryl methyl sites for hydroxylation is 2. The number of ketones is 1. The Kier molecular flexibility index (Phi) is 8.10. The number of anilines is 2. The quantitative estimate of drug-likeness (QED) is 0.287. The Balaban J connectivity index is 1.46. The first-order chi connectivity index (χ1) is 19.5. The van der Waals surface area contributed by atoms with Crippen LogP contribution >= 0.6 is 39.0 Å². The first kappa shape index (κ1) is 29.0. The molecule has 3 aromatic rings. The van der Waals surface area contributed by atoms with E-state index < -0.39 is 5.92 Å². The molecule has 210 valence electrons. The number of aromatic nitrogens is 2. The molecular formula is C30H29BrN6O2S2. The first-order valence-corrected chi connectivity index (χ1v) is 15.6. The van der Waals surface area contributed by atoms with Crippen LogP contribution in [0.3, 0.4) is 0 Å². The molecule has 0 saturated carbocycles. The van der Waals surface area contributed by atoms with Crippen molar-refractivity contribution in [1.82, 2.24) is 10.2 Å². The molecule has 0 fully saturated rings. The second-order valence-corrected chi connectivity index (χ2v) is 14.0. The van der Waals surface area contributed by atoms with Gasteiger partial charge in [-0.2, -0.15) is 5.26 Å². The Bertz CT molecular complexity index is 1670. The zero-order chi connectivity index (χ0) is 29.5. The number of allylic oxidation sites excluding steroid dienone is 3. The predicted octanol–water partition coefficient (Wildman–Crippen LogP) is 6.59. The Morgan fingerprint density at radius 2 is 1.98 bits per heavy atom. The number of benzene rings is 2. The SMILES string of the molecule is Cc1ccc(NC(=O)CSc2nnc(N3C(N)=C(C#N)C(c4ccccc4Br)C4=C3CC(C)(C)CC4=O)s2)cc1C. The fourth-order valence-electron chi connectivity index (χ4n) is 5.24. The molecule has 1 unspecified atom stereocenters. The van der Waals surface area contributed by atoms with E-state index in [1.165, 1.54) is 23.1 Å². The summed E-state index contributed by atoms with van der Waals surface area (Å²) in [5, 5.41) is 22.3. The van der Waals surface area contributed by atoms with E-state index in [1.807, 2.05) is 56.3 Å². The third kappa shape index (κ3) is 5.82. The number of rotatable bonds is 6. The second-order valence-electron chi connectivity index (χ2n) is 11.0. The largest absolute Gasteiger partial charge is 0.384 e. The molecule has 0 saturated heterocycles. The number of hydrogen-bond donors (Lipinski definition) is 2. The second kappa shape index (κ2) is 11.4. The van der Waals surface area contributed by atoms with E-state index in [-0.39, 0.29) is 28.7 Å². The molecule has 41 heavy (non-hydrogen) atoms. The van der Waals surface area contributed by atoms with Crippen LogP contribution in [0.4, 0.5) is 10.8 Å². The summed E-state index contributed by atoms with van der Waals surface area (Å²) in [7, 11) is 0. The molecule has 2 heterocycles. The fraction of sp³-hybridized carbons (Fsp3) is 0.300. The van der Waals surface area contributed by atoms with Crippen molar-refractivity contribution in [1.29, 1.82) is 5.26 Å². The zero-order valence-corrected chi connectivity index (χ0v) is 26.3. The molecule has 8 nitrogen and oxygen atoms in total. The number of nitrogens with one attached hydrogen (secondary N) is 1. The van der Waals surface area contributed by atoms with Crippen LogP contribution < -0.4 is 16.0 Å². The van der Waals surface area contributed by atoms with Gasteiger partial charge in [-0.3, -0.25) is 14.5 Å². The van der Waals surface area contributed by atoms with Gasteiger partial charge in [0, 0.05) is 27.9 Å². The van der Waals surface area contributed by atoms with Crippen molar-refractivity contribution in [3.8, 4) is 6.07 Å².